The summed E-state index contributed by atoms with van der Waals surface area (Å²) in [6.45, 7) is 1.51. The molecule has 10 heteroatoms. The van der Waals surface area contributed by atoms with E-state index in [0.29, 0.717) is 0 Å². The van der Waals surface area contributed by atoms with Crippen LogP contribution in [-0.4, -0.2) is 38.4 Å². The van der Waals surface area contributed by atoms with Gasteiger partial charge in [-0.05, 0) is 13.0 Å². The van der Waals surface area contributed by atoms with Crippen LogP contribution >= 0.6 is 0 Å². The lowest BCUT2D eigenvalue weighted by Crippen LogP contribution is -2.41. The second kappa shape index (κ2) is 7.11. The van der Waals surface area contributed by atoms with Gasteiger partial charge in [0.1, 0.15) is 0 Å². The second-order valence-electron chi connectivity index (χ2n) is 4.23. The van der Waals surface area contributed by atoms with Crippen molar-refractivity contribution in [3.8, 4) is 0 Å². The maximum absolute atomic E-state index is 11.9. The van der Waals surface area contributed by atoms with E-state index >= 15 is 0 Å². The summed E-state index contributed by atoms with van der Waals surface area (Å²) < 4.78 is 26.1. The van der Waals surface area contributed by atoms with Crippen LogP contribution in [0, 0.1) is 10.1 Å². The molecule has 1 rings (SSSR count). The summed E-state index contributed by atoms with van der Waals surface area (Å²) in [5.74, 6) is -0.399. The Morgan fingerprint density at radius 2 is 2.10 bits per heavy atom. The Kier molecular flexibility index (Phi) is 5.76. The van der Waals surface area contributed by atoms with Crippen LogP contribution in [-0.2, 0) is 14.8 Å². The van der Waals surface area contributed by atoms with Crippen LogP contribution in [0.5, 0.6) is 0 Å². The zero-order valence-corrected chi connectivity index (χ0v) is 12.1. The third-order valence-electron chi connectivity index (χ3n) is 2.47. The molecule has 0 unspecified atom stereocenters. The number of hydrogen-bond acceptors (Lipinski definition) is 6. The van der Waals surface area contributed by atoms with Gasteiger partial charge in [0, 0.05) is 25.2 Å². The van der Waals surface area contributed by atoms with Crippen molar-refractivity contribution < 1.29 is 18.1 Å². The lowest BCUT2D eigenvalue weighted by atomic mass is 10.3. The molecule has 116 valence electrons. The average Bonchev–Trinajstić information content (AvgIpc) is 2.43. The third kappa shape index (κ3) is 5.10. The van der Waals surface area contributed by atoms with Crippen molar-refractivity contribution in [1.82, 2.24) is 10.0 Å². The van der Waals surface area contributed by atoms with E-state index < -0.39 is 26.9 Å². The maximum Gasteiger partial charge on any atom is 0.270 e. The highest BCUT2D eigenvalue weighted by molar-refractivity contribution is 7.89. The maximum atomic E-state index is 11.9. The van der Waals surface area contributed by atoms with Crippen LogP contribution in [0.15, 0.2) is 29.2 Å². The number of nitrogens with zero attached hydrogens (tertiary/aromatic N) is 1. The van der Waals surface area contributed by atoms with Crippen LogP contribution in [0.2, 0.25) is 0 Å². The number of hydrogen-bond donors (Lipinski definition) is 3. The van der Waals surface area contributed by atoms with Crippen molar-refractivity contribution >= 4 is 21.6 Å². The van der Waals surface area contributed by atoms with Gasteiger partial charge in [-0.25, -0.2) is 13.1 Å². The molecule has 1 atom stereocenters. The molecule has 0 spiro atoms. The van der Waals surface area contributed by atoms with Crippen molar-refractivity contribution in [2.24, 2.45) is 5.73 Å². The largest absolute Gasteiger partial charge is 0.353 e. The van der Waals surface area contributed by atoms with Crippen molar-refractivity contribution in [3.63, 3.8) is 0 Å². The lowest BCUT2D eigenvalue weighted by molar-refractivity contribution is -0.385. The van der Waals surface area contributed by atoms with Crippen LogP contribution in [0.25, 0.3) is 0 Å². The van der Waals surface area contributed by atoms with E-state index in [0.717, 1.165) is 6.07 Å². The first kappa shape index (κ1) is 17.0. The number of rotatable bonds is 7. The van der Waals surface area contributed by atoms with Gasteiger partial charge in [0.05, 0.1) is 15.9 Å². The molecule has 0 fully saturated rings. The van der Waals surface area contributed by atoms with E-state index in [1.54, 1.807) is 0 Å². The van der Waals surface area contributed by atoms with Crippen LogP contribution in [0.1, 0.15) is 6.92 Å². The highest BCUT2D eigenvalue weighted by Crippen LogP contribution is 2.16. The fourth-order valence-corrected chi connectivity index (χ4v) is 2.45. The minimum atomic E-state index is -3.87. The summed E-state index contributed by atoms with van der Waals surface area (Å²) >= 11 is 0. The molecule has 0 bridgehead atoms. The molecule has 1 aromatic rings. The topological polar surface area (TPSA) is 144 Å². The van der Waals surface area contributed by atoms with E-state index in [1.165, 1.54) is 25.1 Å². The molecule has 1 amide bonds. The van der Waals surface area contributed by atoms with Gasteiger partial charge >= 0.3 is 0 Å². The van der Waals surface area contributed by atoms with Crippen molar-refractivity contribution in [3.05, 3.63) is 34.4 Å². The zero-order chi connectivity index (χ0) is 16.0. The van der Waals surface area contributed by atoms with Crippen LogP contribution in [0.3, 0.4) is 0 Å². The highest BCUT2D eigenvalue weighted by Gasteiger charge is 2.17. The van der Waals surface area contributed by atoms with Gasteiger partial charge in [0.15, 0.2) is 0 Å². The summed E-state index contributed by atoms with van der Waals surface area (Å²) in [6.07, 6.45) is 0. The summed E-state index contributed by atoms with van der Waals surface area (Å²) in [6, 6.07) is 4.00. The number of nitrogens with two attached hydrogens (primary N) is 1. The SMILES string of the molecule is C[C@H](N)C(=O)NCCNS(=O)(=O)c1cccc([N+](=O)[O-])c1. The number of sulfonamides is 1. The lowest BCUT2D eigenvalue weighted by Gasteiger charge is -2.09. The normalized spacial score (nSPS) is 12.7. The number of non-ortho nitro benzene ring substituents is 1. The minimum Gasteiger partial charge on any atom is -0.353 e. The van der Waals surface area contributed by atoms with Gasteiger partial charge in [-0.3, -0.25) is 14.9 Å². The fraction of sp³-hybridized carbons (Fsp3) is 0.364. The number of benzene rings is 1. The second-order valence-corrected chi connectivity index (χ2v) is 6.00. The molecule has 0 aliphatic carbocycles. The molecule has 1 aromatic carbocycles. The summed E-state index contributed by atoms with van der Waals surface area (Å²) in [4.78, 5) is 20.9. The molecule has 0 aliphatic rings. The van der Waals surface area contributed by atoms with E-state index in [4.69, 9.17) is 5.73 Å². The third-order valence-corrected chi connectivity index (χ3v) is 3.93. The Hall–Kier alpha value is -2.04. The van der Waals surface area contributed by atoms with Gasteiger partial charge in [0.25, 0.3) is 5.69 Å². The number of nitro benzene ring substituents is 1. The predicted molar refractivity (Wildman–Crippen MR) is 74.9 cm³/mol. The van der Waals surface area contributed by atoms with E-state index in [-0.39, 0.29) is 23.7 Å². The van der Waals surface area contributed by atoms with Crippen LogP contribution < -0.4 is 15.8 Å². The molecule has 0 saturated heterocycles. The van der Waals surface area contributed by atoms with Crippen molar-refractivity contribution in [1.29, 1.82) is 0 Å². The van der Waals surface area contributed by atoms with E-state index in [9.17, 15) is 23.3 Å². The van der Waals surface area contributed by atoms with Gasteiger partial charge in [-0.2, -0.15) is 0 Å². The molecular weight excluding hydrogens is 300 g/mol. The van der Waals surface area contributed by atoms with Gasteiger partial charge < -0.3 is 11.1 Å². The molecular formula is C11H16N4O5S. The molecule has 0 aromatic heterocycles. The van der Waals surface area contributed by atoms with Gasteiger partial charge in [-0.1, -0.05) is 6.07 Å². The van der Waals surface area contributed by atoms with E-state index in [2.05, 4.69) is 10.0 Å². The first-order valence-electron chi connectivity index (χ1n) is 6.01. The molecule has 0 radical (unpaired) electrons. The Morgan fingerprint density at radius 3 is 2.67 bits per heavy atom. The molecule has 21 heavy (non-hydrogen) atoms. The fourth-order valence-electron chi connectivity index (χ4n) is 1.38. The van der Waals surface area contributed by atoms with Crippen molar-refractivity contribution in [2.75, 3.05) is 13.1 Å². The first-order chi connectivity index (χ1) is 9.74. The molecule has 0 heterocycles. The Labute approximate surface area is 121 Å². The predicted octanol–water partition coefficient (Wildman–Crippen LogP) is -0.663. The first-order valence-corrected chi connectivity index (χ1v) is 7.50. The number of carbonyl (C=O) groups is 1. The number of amides is 1. The molecule has 0 aliphatic heterocycles. The number of nitrogens with one attached hydrogen (secondary N) is 2. The average molecular weight is 316 g/mol. The standard InChI is InChI=1S/C11H16N4O5S/c1-8(12)11(16)13-5-6-14-21(19,20)10-4-2-3-9(7-10)15(17)18/h2-4,7-8,14H,5-6,12H2,1H3,(H,13,16)/t8-/m0/s1. The zero-order valence-electron chi connectivity index (χ0n) is 11.3. The Morgan fingerprint density at radius 1 is 1.43 bits per heavy atom. The molecule has 0 saturated carbocycles. The number of carbonyl (C=O) groups excluding carboxylic acids is 1. The van der Waals surface area contributed by atoms with Gasteiger partial charge in [0.2, 0.25) is 15.9 Å². The minimum absolute atomic E-state index is 0.0521. The highest BCUT2D eigenvalue weighted by atomic mass is 32.2. The Bertz CT molecular complexity index is 629. The summed E-state index contributed by atoms with van der Waals surface area (Å²) in [5, 5.41) is 13.0. The van der Waals surface area contributed by atoms with Crippen molar-refractivity contribution in [2.45, 2.75) is 17.9 Å². The van der Waals surface area contributed by atoms with Gasteiger partial charge in [-0.15, -0.1) is 0 Å². The Balaban J connectivity index is 2.64. The number of nitro groups is 1. The van der Waals surface area contributed by atoms with Crippen LogP contribution in [0.4, 0.5) is 5.69 Å². The quantitative estimate of drug-likeness (QED) is 0.346. The molecule has 9 nitrogen and oxygen atoms in total. The smallest absolute Gasteiger partial charge is 0.270 e. The summed E-state index contributed by atoms with van der Waals surface area (Å²) in [5.41, 5.74) is 5.01. The van der Waals surface area contributed by atoms with E-state index in [1.807, 2.05) is 0 Å². The summed E-state index contributed by atoms with van der Waals surface area (Å²) in [7, 11) is -3.87. The molecule has 4 N–H and O–H groups in total. The monoisotopic (exact) mass is 316 g/mol.